The molecule has 4 atom stereocenters. The van der Waals surface area contributed by atoms with E-state index in [-0.39, 0.29) is 18.6 Å². The second kappa shape index (κ2) is 7.98. The van der Waals surface area contributed by atoms with Crippen molar-refractivity contribution in [3.8, 4) is 5.82 Å². The standard InChI is InChI=1S/C15H18N8O4/c1-3-11-10(6-18-21-16)13(26-9(2)24)14(27-11)22-5-4-12(20-15(22)25)23-8-17-7-19-23/h4-5,7-8,10-11,13-14H,3,6H2,1-2H3/t10-,11-,13-,14-/m1/s1. The number of rotatable bonds is 6. The Labute approximate surface area is 153 Å². The maximum absolute atomic E-state index is 12.6. The largest absolute Gasteiger partial charge is 0.457 e. The van der Waals surface area contributed by atoms with Crippen LogP contribution in [0.25, 0.3) is 16.3 Å². The minimum absolute atomic E-state index is 0.0860. The molecule has 3 heterocycles. The molecular weight excluding hydrogens is 356 g/mol. The molecule has 0 unspecified atom stereocenters. The van der Waals surface area contributed by atoms with Gasteiger partial charge in [-0.15, -0.1) is 0 Å². The zero-order valence-corrected chi connectivity index (χ0v) is 14.7. The van der Waals surface area contributed by atoms with Crippen LogP contribution in [0.5, 0.6) is 0 Å². The molecule has 0 aromatic carbocycles. The summed E-state index contributed by atoms with van der Waals surface area (Å²) in [7, 11) is 0. The van der Waals surface area contributed by atoms with Crippen LogP contribution in [0.1, 0.15) is 26.5 Å². The Kier molecular flexibility index (Phi) is 5.48. The Morgan fingerprint density at radius 3 is 2.93 bits per heavy atom. The van der Waals surface area contributed by atoms with Crippen LogP contribution >= 0.6 is 0 Å². The lowest BCUT2D eigenvalue weighted by Gasteiger charge is -2.23. The van der Waals surface area contributed by atoms with Crippen LogP contribution in [-0.2, 0) is 14.3 Å². The fourth-order valence-corrected chi connectivity index (χ4v) is 3.14. The Balaban J connectivity index is 1.96. The lowest BCUT2D eigenvalue weighted by atomic mass is 9.96. The summed E-state index contributed by atoms with van der Waals surface area (Å²) in [4.78, 5) is 34.7. The number of nitrogens with zero attached hydrogens (tertiary/aromatic N) is 8. The normalized spacial score (nSPS) is 24.4. The number of hydrogen-bond donors (Lipinski definition) is 0. The highest BCUT2D eigenvalue weighted by Crippen LogP contribution is 2.37. The van der Waals surface area contributed by atoms with Crippen molar-refractivity contribution in [1.82, 2.24) is 24.3 Å². The van der Waals surface area contributed by atoms with Crippen molar-refractivity contribution in [2.45, 2.75) is 38.7 Å². The van der Waals surface area contributed by atoms with Gasteiger partial charge in [0.1, 0.15) is 12.7 Å². The van der Waals surface area contributed by atoms with Crippen molar-refractivity contribution in [3.63, 3.8) is 0 Å². The summed E-state index contributed by atoms with van der Waals surface area (Å²) in [5.74, 6) is -0.591. The van der Waals surface area contributed by atoms with Crippen molar-refractivity contribution in [3.05, 3.63) is 45.8 Å². The predicted molar refractivity (Wildman–Crippen MR) is 90.7 cm³/mol. The molecule has 0 amide bonds. The second-order valence-electron chi connectivity index (χ2n) is 5.94. The van der Waals surface area contributed by atoms with Gasteiger partial charge in [-0.05, 0) is 18.0 Å². The molecular formula is C15H18N8O4. The Morgan fingerprint density at radius 2 is 2.33 bits per heavy atom. The molecule has 0 radical (unpaired) electrons. The average Bonchev–Trinajstić information content (AvgIpc) is 3.28. The van der Waals surface area contributed by atoms with Crippen LogP contribution in [0.15, 0.2) is 34.8 Å². The highest BCUT2D eigenvalue weighted by molar-refractivity contribution is 5.66. The quantitative estimate of drug-likeness (QED) is 0.316. The third kappa shape index (κ3) is 3.81. The molecule has 0 bridgehead atoms. The topological polar surface area (TPSA) is 150 Å². The van der Waals surface area contributed by atoms with Gasteiger partial charge in [0, 0.05) is 30.5 Å². The van der Waals surface area contributed by atoms with E-state index in [1.165, 1.54) is 35.0 Å². The van der Waals surface area contributed by atoms with Crippen molar-refractivity contribution >= 4 is 5.97 Å². The highest BCUT2D eigenvalue weighted by atomic mass is 16.6. The minimum atomic E-state index is -0.873. The molecule has 27 heavy (non-hydrogen) atoms. The van der Waals surface area contributed by atoms with Gasteiger partial charge in [0.25, 0.3) is 0 Å². The zero-order chi connectivity index (χ0) is 19.4. The first-order valence-corrected chi connectivity index (χ1v) is 8.32. The summed E-state index contributed by atoms with van der Waals surface area (Å²) >= 11 is 0. The Bertz CT molecular complexity index is 905. The second-order valence-corrected chi connectivity index (χ2v) is 5.94. The van der Waals surface area contributed by atoms with E-state index in [0.717, 1.165) is 0 Å². The summed E-state index contributed by atoms with van der Waals surface area (Å²) in [5.41, 5.74) is 8.04. The van der Waals surface area contributed by atoms with E-state index in [1.807, 2.05) is 6.92 Å². The fourth-order valence-electron chi connectivity index (χ4n) is 3.14. The van der Waals surface area contributed by atoms with Gasteiger partial charge in [0.15, 0.2) is 18.1 Å². The fraction of sp³-hybridized carbons (Fsp3) is 0.533. The van der Waals surface area contributed by atoms with Gasteiger partial charge in [-0.3, -0.25) is 9.36 Å². The lowest BCUT2D eigenvalue weighted by molar-refractivity contribution is -0.153. The van der Waals surface area contributed by atoms with Crippen LogP contribution in [0.4, 0.5) is 0 Å². The molecule has 1 saturated heterocycles. The molecule has 0 N–H and O–H groups in total. The minimum Gasteiger partial charge on any atom is -0.457 e. The van der Waals surface area contributed by atoms with Gasteiger partial charge in [-0.1, -0.05) is 12.0 Å². The molecule has 2 aromatic rings. The Morgan fingerprint density at radius 1 is 1.52 bits per heavy atom. The molecule has 142 valence electrons. The lowest BCUT2D eigenvalue weighted by Crippen LogP contribution is -2.37. The first-order valence-electron chi connectivity index (χ1n) is 8.32. The summed E-state index contributed by atoms with van der Waals surface area (Å²) in [6.07, 6.45) is 2.85. The van der Waals surface area contributed by atoms with Crippen molar-refractivity contribution < 1.29 is 14.3 Å². The smallest absolute Gasteiger partial charge is 0.351 e. The first-order chi connectivity index (χ1) is 13.0. The molecule has 0 spiro atoms. The van der Waals surface area contributed by atoms with Crippen LogP contribution in [0.2, 0.25) is 0 Å². The summed E-state index contributed by atoms with van der Waals surface area (Å²) in [5, 5.41) is 7.52. The van der Waals surface area contributed by atoms with E-state index < -0.39 is 24.0 Å². The number of azide groups is 1. The zero-order valence-electron chi connectivity index (χ0n) is 14.7. The molecule has 2 aromatic heterocycles. The van der Waals surface area contributed by atoms with Gasteiger partial charge in [-0.25, -0.2) is 14.5 Å². The van der Waals surface area contributed by atoms with E-state index in [2.05, 4.69) is 25.1 Å². The summed E-state index contributed by atoms with van der Waals surface area (Å²) < 4.78 is 14.0. The molecule has 0 aliphatic carbocycles. The average molecular weight is 374 g/mol. The van der Waals surface area contributed by atoms with E-state index in [4.69, 9.17) is 15.0 Å². The van der Waals surface area contributed by atoms with E-state index in [1.54, 1.807) is 6.07 Å². The molecule has 3 rings (SSSR count). The van der Waals surface area contributed by atoms with Crippen molar-refractivity contribution in [1.29, 1.82) is 0 Å². The monoisotopic (exact) mass is 374 g/mol. The van der Waals surface area contributed by atoms with Gasteiger partial charge < -0.3 is 9.47 Å². The van der Waals surface area contributed by atoms with Crippen LogP contribution in [0.3, 0.4) is 0 Å². The molecule has 1 aliphatic rings. The van der Waals surface area contributed by atoms with Crippen LogP contribution in [0, 0.1) is 5.92 Å². The molecule has 12 heteroatoms. The van der Waals surface area contributed by atoms with Crippen LogP contribution in [-0.4, -0.2) is 49.0 Å². The van der Waals surface area contributed by atoms with Crippen molar-refractivity contribution in [2.75, 3.05) is 6.54 Å². The Hall–Kier alpha value is -3.24. The number of esters is 1. The molecule has 1 fully saturated rings. The number of hydrogen-bond acceptors (Lipinski definition) is 8. The molecule has 0 saturated carbocycles. The third-order valence-electron chi connectivity index (χ3n) is 4.30. The molecule has 1 aliphatic heterocycles. The van der Waals surface area contributed by atoms with Gasteiger partial charge in [0.05, 0.1) is 6.10 Å². The predicted octanol–water partition coefficient (Wildman–Crippen LogP) is 0.990. The van der Waals surface area contributed by atoms with E-state index in [0.29, 0.717) is 12.2 Å². The summed E-state index contributed by atoms with van der Waals surface area (Å²) in [6.45, 7) is 3.26. The SMILES string of the molecule is CC[C@H]1O[C@@H](n2ccc(-n3cncn3)nc2=O)[C@H](OC(C)=O)[C@@H]1CN=[N+]=[N-]. The van der Waals surface area contributed by atoms with Crippen LogP contribution < -0.4 is 5.69 Å². The number of carbonyl (C=O) groups excluding carboxylic acids is 1. The highest BCUT2D eigenvalue weighted by Gasteiger charge is 2.46. The van der Waals surface area contributed by atoms with E-state index >= 15 is 0 Å². The maximum Gasteiger partial charge on any atom is 0.351 e. The maximum atomic E-state index is 12.6. The number of carbonyl (C=O) groups is 1. The molecule has 12 nitrogen and oxygen atoms in total. The van der Waals surface area contributed by atoms with Gasteiger partial charge in [-0.2, -0.15) is 10.1 Å². The van der Waals surface area contributed by atoms with Gasteiger partial charge >= 0.3 is 11.7 Å². The van der Waals surface area contributed by atoms with E-state index in [9.17, 15) is 9.59 Å². The summed E-state index contributed by atoms with van der Waals surface area (Å²) in [6, 6.07) is 1.58. The van der Waals surface area contributed by atoms with Crippen molar-refractivity contribution in [2.24, 2.45) is 11.0 Å². The first kappa shape index (κ1) is 18.5. The van der Waals surface area contributed by atoms with Gasteiger partial charge in [0.2, 0.25) is 0 Å². The third-order valence-corrected chi connectivity index (χ3v) is 4.30. The number of ether oxygens (including phenoxy) is 2. The number of aromatic nitrogens is 5.